The fraction of sp³-hybridized carbons (Fsp3) is 0.348. The number of nitrogens with one attached hydrogen (secondary N) is 2. The number of anilines is 1. The van der Waals surface area contributed by atoms with Gasteiger partial charge in [0.2, 0.25) is 0 Å². The van der Waals surface area contributed by atoms with Gasteiger partial charge in [-0.15, -0.1) is 11.3 Å². The second-order valence-electron chi connectivity index (χ2n) is 7.11. The summed E-state index contributed by atoms with van der Waals surface area (Å²) in [4.78, 5) is 16.7. The summed E-state index contributed by atoms with van der Waals surface area (Å²) in [5, 5.41) is 6.46. The van der Waals surface area contributed by atoms with Crippen LogP contribution in [0.15, 0.2) is 48.5 Å². The van der Waals surface area contributed by atoms with Crippen LogP contribution in [0.4, 0.5) is 5.69 Å². The van der Waals surface area contributed by atoms with Gasteiger partial charge < -0.3 is 5.32 Å². The Bertz CT molecular complexity index is 917. The predicted octanol–water partition coefficient (Wildman–Crippen LogP) is 6.33. The van der Waals surface area contributed by atoms with Crippen molar-refractivity contribution in [3.63, 3.8) is 0 Å². The van der Waals surface area contributed by atoms with Crippen molar-refractivity contribution >= 4 is 50.5 Å². The van der Waals surface area contributed by atoms with Crippen LogP contribution in [0.5, 0.6) is 0 Å². The Morgan fingerprint density at radius 3 is 2.48 bits per heavy atom. The number of amides is 1. The van der Waals surface area contributed by atoms with Gasteiger partial charge in [-0.25, -0.2) is 4.98 Å². The first-order chi connectivity index (χ1) is 14.2. The van der Waals surface area contributed by atoms with E-state index in [1.54, 1.807) is 0 Å². The molecule has 0 aliphatic rings. The molecule has 0 aliphatic carbocycles. The molecule has 3 aromatic rings. The summed E-state index contributed by atoms with van der Waals surface area (Å²) < 4.78 is 0.984. The van der Waals surface area contributed by atoms with Gasteiger partial charge in [0.05, 0.1) is 10.2 Å². The highest BCUT2D eigenvalue weighted by Crippen LogP contribution is 2.21. The van der Waals surface area contributed by atoms with E-state index < -0.39 is 0 Å². The molecule has 0 saturated carbocycles. The fourth-order valence-corrected chi connectivity index (χ4v) is 4.22. The third-order valence-corrected chi connectivity index (χ3v) is 5.99. The first-order valence-corrected chi connectivity index (χ1v) is 11.4. The van der Waals surface area contributed by atoms with E-state index in [0.717, 1.165) is 22.3 Å². The quantitative estimate of drug-likeness (QED) is 0.311. The molecule has 2 N–H and O–H groups in total. The molecule has 0 unspecified atom stereocenters. The summed E-state index contributed by atoms with van der Waals surface area (Å²) >= 11 is 6.64. The molecular formula is C23H27N3OS2. The van der Waals surface area contributed by atoms with Crippen LogP contribution in [-0.2, 0) is 6.42 Å². The molecular weight excluding hydrogens is 398 g/mol. The van der Waals surface area contributed by atoms with Crippen molar-refractivity contribution in [1.29, 1.82) is 0 Å². The molecule has 1 amide bonds. The van der Waals surface area contributed by atoms with Crippen molar-refractivity contribution in [2.24, 2.45) is 0 Å². The predicted molar refractivity (Wildman–Crippen MR) is 127 cm³/mol. The minimum atomic E-state index is -0.289. The number of aryl methyl sites for hydroxylation is 1. The third-order valence-electron chi connectivity index (χ3n) is 4.75. The second-order valence-corrected chi connectivity index (χ2v) is 8.55. The standard InChI is InChI=1S/C23H27N3OS2/c1-2-3-4-5-6-7-10-17-13-15-18(16-14-17)24-23(28)26-21(27)22-25-19-11-8-9-12-20(19)29-22/h8-9,11-16H,2-7,10H2,1H3,(H2,24,26,27,28). The molecule has 0 aliphatic heterocycles. The number of hydrogen-bond acceptors (Lipinski definition) is 4. The summed E-state index contributed by atoms with van der Waals surface area (Å²) in [7, 11) is 0. The SMILES string of the molecule is CCCCCCCCc1ccc(NC(=S)NC(=O)c2nc3ccccc3s2)cc1. The minimum Gasteiger partial charge on any atom is -0.332 e. The molecule has 0 atom stereocenters. The first kappa shape index (κ1) is 21.4. The van der Waals surface area contributed by atoms with E-state index in [1.165, 1.54) is 55.4 Å². The maximum absolute atomic E-state index is 12.4. The fourth-order valence-electron chi connectivity index (χ4n) is 3.15. The lowest BCUT2D eigenvalue weighted by molar-refractivity contribution is 0.0977. The van der Waals surface area contributed by atoms with Gasteiger partial charge in [-0.1, -0.05) is 63.3 Å². The number of aromatic nitrogens is 1. The lowest BCUT2D eigenvalue weighted by atomic mass is 10.0. The van der Waals surface area contributed by atoms with Gasteiger partial charge in [0.25, 0.3) is 5.91 Å². The number of carbonyl (C=O) groups is 1. The van der Waals surface area contributed by atoms with Crippen molar-refractivity contribution in [1.82, 2.24) is 10.3 Å². The van der Waals surface area contributed by atoms with Crippen LogP contribution in [0, 0.1) is 0 Å². The molecule has 6 heteroatoms. The van der Waals surface area contributed by atoms with Crippen molar-refractivity contribution in [2.45, 2.75) is 51.9 Å². The van der Waals surface area contributed by atoms with Gasteiger partial charge in [-0.05, 0) is 54.9 Å². The van der Waals surface area contributed by atoms with Crippen molar-refractivity contribution in [3.8, 4) is 0 Å². The summed E-state index contributed by atoms with van der Waals surface area (Å²) in [6, 6.07) is 15.9. The normalized spacial score (nSPS) is 10.8. The zero-order valence-corrected chi connectivity index (χ0v) is 18.4. The van der Waals surface area contributed by atoms with Crippen LogP contribution in [0.3, 0.4) is 0 Å². The van der Waals surface area contributed by atoms with Crippen LogP contribution >= 0.6 is 23.6 Å². The van der Waals surface area contributed by atoms with Crippen LogP contribution in [0.1, 0.15) is 60.8 Å². The van der Waals surface area contributed by atoms with E-state index >= 15 is 0 Å². The summed E-state index contributed by atoms with van der Waals surface area (Å²) in [6.07, 6.45) is 8.93. The lowest BCUT2D eigenvalue weighted by Gasteiger charge is -2.09. The molecule has 0 spiro atoms. The zero-order chi connectivity index (χ0) is 20.5. The van der Waals surface area contributed by atoms with E-state index in [-0.39, 0.29) is 11.0 Å². The number of thiocarbonyl (C=S) groups is 1. The number of fused-ring (bicyclic) bond motifs is 1. The Kier molecular flexibility index (Phi) is 8.14. The zero-order valence-electron chi connectivity index (χ0n) is 16.7. The Morgan fingerprint density at radius 1 is 1.00 bits per heavy atom. The van der Waals surface area contributed by atoms with E-state index in [2.05, 4.69) is 34.7 Å². The number of carbonyl (C=O) groups excluding carboxylic acids is 1. The third kappa shape index (κ3) is 6.61. The highest BCUT2D eigenvalue weighted by atomic mass is 32.1. The van der Waals surface area contributed by atoms with Gasteiger partial charge in [0, 0.05) is 5.69 Å². The Balaban J connectivity index is 1.44. The highest BCUT2D eigenvalue weighted by molar-refractivity contribution is 7.80. The Morgan fingerprint density at radius 2 is 1.72 bits per heavy atom. The number of nitrogens with zero attached hydrogens (tertiary/aromatic N) is 1. The highest BCUT2D eigenvalue weighted by Gasteiger charge is 2.13. The molecule has 0 radical (unpaired) electrons. The van der Waals surface area contributed by atoms with Gasteiger partial charge in [0.1, 0.15) is 0 Å². The van der Waals surface area contributed by atoms with Crippen LogP contribution < -0.4 is 10.6 Å². The molecule has 1 heterocycles. The molecule has 0 saturated heterocycles. The Labute approximate surface area is 181 Å². The minimum absolute atomic E-state index is 0.276. The number of thiazole rings is 1. The summed E-state index contributed by atoms with van der Waals surface area (Å²) in [5.74, 6) is -0.289. The summed E-state index contributed by atoms with van der Waals surface area (Å²) in [6.45, 7) is 2.24. The molecule has 0 bridgehead atoms. The average Bonchev–Trinajstić information content (AvgIpc) is 3.16. The van der Waals surface area contributed by atoms with E-state index in [0.29, 0.717) is 5.01 Å². The molecule has 2 aromatic carbocycles. The Hall–Kier alpha value is -2.31. The topological polar surface area (TPSA) is 54.0 Å². The van der Waals surface area contributed by atoms with Crippen LogP contribution in [0.25, 0.3) is 10.2 Å². The maximum atomic E-state index is 12.4. The average molecular weight is 426 g/mol. The number of rotatable bonds is 9. The summed E-state index contributed by atoms with van der Waals surface area (Å²) in [5.41, 5.74) is 3.02. The van der Waals surface area contributed by atoms with Crippen LogP contribution in [-0.4, -0.2) is 16.0 Å². The molecule has 3 rings (SSSR count). The first-order valence-electron chi connectivity index (χ1n) is 10.2. The van der Waals surface area contributed by atoms with Crippen LogP contribution in [0.2, 0.25) is 0 Å². The number of unbranched alkanes of at least 4 members (excludes halogenated alkanes) is 5. The maximum Gasteiger partial charge on any atom is 0.286 e. The monoisotopic (exact) mass is 425 g/mol. The smallest absolute Gasteiger partial charge is 0.286 e. The van der Waals surface area contributed by atoms with Crippen molar-refractivity contribution in [3.05, 3.63) is 59.1 Å². The van der Waals surface area contributed by atoms with Gasteiger partial charge in [-0.3, -0.25) is 10.1 Å². The molecule has 1 aromatic heterocycles. The van der Waals surface area contributed by atoms with E-state index in [9.17, 15) is 4.79 Å². The van der Waals surface area contributed by atoms with Crippen molar-refractivity contribution < 1.29 is 4.79 Å². The molecule has 152 valence electrons. The molecule has 0 fully saturated rings. The number of para-hydroxylation sites is 1. The molecule has 4 nitrogen and oxygen atoms in total. The van der Waals surface area contributed by atoms with Gasteiger partial charge in [-0.2, -0.15) is 0 Å². The van der Waals surface area contributed by atoms with Gasteiger partial charge in [0.15, 0.2) is 10.1 Å². The largest absolute Gasteiger partial charge is 0.332 e. The van der Waals surface area contributed by atoms with Gasteiger partial charge >= 0.3 is 0 Å². The molecule has 29 heavy (non-hydrogen) atoms. The number of benzene rings is 2. The van der Waals surface area contributed by atoms with Crippen molar-refractivity contribution in [2.75, 3.05) is 5.32 Å². The van der Waals surface area contributed by atoms with E-state index in [1.807, 2.05) is 36.4 Å². The lowest BCUT2D eigenvalue weighted by Crippen LogP contribution is -2.34. The second kappa shape index (κ2) is 11.0. The number of hydrogen-bond donors (Lipinski definition) is 2. The van der Waals surface area contributed by atoms with E-state index in [4.69, 9.17) is 12.2 Å².